The number of benzene rings is 3. The number of fused-ring (bicyclic) bond motifs is 1. The zero-order chi connectivity index (χ0) is 24.9. The highest BCUT2D eigenvalue weighted by Gasteiger charge is 2.20. The number of nitrogens with zero attached hydrogens (tertiary/aromatic N) is 3. The molecular weight excluding hydrogens is 442 g/mol. The van der Waals surface area contributed by atoms with Crippen LogP contribution in [0.1, 0.15) is 12.5 Å². The molecule has 4 aromatic rings. The molecule has 1 atom stereocenters. The van der Waals surface area contributed by atoms with Gasteiger partial charge in [-0.15, -0.1) is 0 Å². The Balaban J connectivity index is 1.86. The van der Waals surface area contributed by atoms with Crippen LogP contribution in [0.15, 0.2) is 60.7 Å². The summed E-state index contributed by atoms with van der Waals surface area (Å²) in [5.74, 6) is 3.34. The van der Waals surface area contributed by atoms with E-state index in [0.29, 0.717) is 23.8 Å². The molecule has 0 saturated heterocycles. The van der Waals surface area contributed by atoms with Gasteiger partial charge in [-0.1, -0.05) is 30.3 Å². The van der Waals surface area contributed by atoms with Crippen molar-refractivity contribution in [3.8, 4) is 34.4 Å². The van der Waals surface area contributed by atoms with Crippen molar-refractivity contribution in [3.05, 3.63) is 66.2 Å². The third-order valence-corrected chi connectivity index (χ3v) is 5.79. The molecule has 0 amide bonds. The summed E-state index contributed by atoms with van der Waals surface area (Å²) in [4.78, 5) is 7.12. The number of ether oxygens (including phenoxy) is 4. The minimum atomic E-state index is 0.0579. The Morgan fingerprint density at radius 1 is 0.886 bits per heavy atom. The minimum absolute atomic E-state index is 0.0579. The summed E-state index contributed by atoms with van der Waals surface area (Å²) in [7, 11) is 8.92. The van der Waals surface area contributed by atoms with Crippen molar-refractivity contribution < 1.29 is 18.9 Å². The van der Waals surface area contributed by atoms with Crippen LogP contribution in [0, 0.1) is 0 Å². The lowest BCUT2D eigenvalue weighted by Crippen LogP contribution is -2.27. The molecule has 0 fully saturated rings. The molecule has 35 heavy (non-hydrogen) atoms. The standard InChI is InChI=1S/C28H33N3O4/c1-19(17-30(2)3)35-22-12-13-23-24(16-22)31(18-20-10-8-7-9-11-20)28(29-23)21-14-25(32-4)27(34-6)26(15-21)33-5/h7-16,19H,17-18H2,1-6H3. The first-order chi connectivity index (χ1) is 16.9. The van der Waals surface area contributed by atoms with Crippen LogP contribution in [-0.2, 0) is 6.54 Å². The third kappa shape index (κ3) is 5.35. The lowest BCUT2D eigenvalue weighted by atomic mass is 10.1. The Bertz CT molecular complexity index is 1260. The Labute approximate surface area is 206 Å². The first-order valence-corrected chi connectivity index (χ1v) is 11.6. The van der Waals surface area contributed by atoms with Crippen molar-refractivity contribution in [1.82, 2.24) is 14.5 Å². The molecule has 0 aliphatic heterocycles. The number of aromatic nitrogens is 2. The maximum atomic E-state index is 6.22. The highest BCUT2D eigenvalue weighted by molar-refractivity contribution is 5.83. The minimum Gasteiger partial charge on any atom is -0.493 e. The van der Waals surface area contributed by atoms with E-state index < -0.39 is 0 Å². The largest absolute Gasteiger partial charge is 0.493 e. The van der Waals surface area contributed by atoms with Gasteiger partial charge in [0.15, 0.2) is 11.5 Å². The molecule has 0 bridgehead atoms. The van der Waals surface area contributed by atoms with Crippen molar-refractivity contribution in [3.63, 3.8) is 0 Å². The summed E-state index contributed by atoms with van der Waals surface area (Å²) in [5.41, 5.74) is 3.92. The van der Waals surface area contributed by atoms with Gasteiger partial charge in [-0.3, -0.25) is 0 Å². The molecule has 184 valence electrons. The van der Waals surface area contributed by atoms with Crippen LogP contribution in [0.3, 0.4) is 0 Å². The number of hydrogen-bond donors (Lipinski definition) is 0. The normalized spacial score (nSPS) is 12.1. The van der Waals surface area contributed by atoms with Gasteiger partial charge >= 0.3 is 0 Å². The van der Waals surface area contributed by atoms with Gasteiger partial charge in [-0.05, 0) is 50.8 Å². The summed E-state index contributed by atoms with van der Waals surface area (Å²) >= 11 is 0. The Kier molecular flexibility index (Phi) is 7.46. The molecule has 0 aliphatic carbocycles. The van der Waals surface area contributed by atoms with Gasteiger partial charge in [0.05, 0.1) is 32.4 Å². The molecule has 7 heteroatoms. The maximum Gasteiger partial charge on any atom is 0.203 e. The Morgan fingerprint density at radius 2 is 1.57 bits per heavy atom. The van der Waals surface area contributed by atoms with E-state index in [-0.39, 0.29) is 6.10 Å². The van der Waals surface area contributed by atoms with Crippen LogP contribution in [0.4, 0.5) is 0 Å². The molecule has 4 rings (SSSR count). The van der Waals surface area contributed by atoms with Crippen molar-refractivity contribution in [2.45, 2.75) is 19.6 Å². The second kappa shape index (κ2) is 10.7. The molecule has 0 N–H and O–H groups in total. The zero-order valence-corrected chi connectivity index (χ0v) is 21.2. The van der Waals surface area contributed by atoms with Gasteiger partial charge in [0.25, 0.3) is 0 Å². The molecule has 3 aromatic carbocycles. The van der Waals surface area contributed by atoms with Crippen molar-refractivity contribution in [2.24, 2.45) is 0 Å². The second-order valence-electron chi connectivity index (χ2n) is 8.76. The molecule has 0 aliphatic rings. The summed E-state index contributed by atoms with van der Waals surface area (Å²) < 4.78 is 25.1. The number of imidazole rings is 1. The summed E-state index contributed by atoms with van der Waals surface area (Å²) in [6.07, 6.45) is 0.0579. The van der Waals surface area contributed by atoms with E-state index in [9.17, 15) is 0 Å². The summed E-state index contributed by atoms with van der Waals surface area (Å²) in [5, 5.41) is 0. The molecule has 0 spiro atoms. The number of rotatable bonds is 10. The third-order valence-electron chi connectivity index (χ3n) is 5.79. The van der Waals surface area contributed by atoms with E-state index in [1.807, 2.05) is 56.6 Å². The van der Waals surface area contributed by atoms with Crippen LogP contribution in [0.25, 0.3) is 22.4 Å². The smallest absolute Gasteiger partial charge is 0.203 e. The topological polar surface area (TPSA) is 58.0 Å². The van der Waals surface area contributed by atoms with E-state index in [0.717, 1.165) is 34.7 Å². The summed E-state index contributed by atoms with van der Waals surface area (Å²) in [6, 6.07) is 20.3. The van der Waals surface area contributed by atoms with Crippen LogP contribution in [-0.4, -0.2) is 62.5 Å². The lowest BCUT2D eigenvalue weighted by molar-refractivity contribution is 0.177. The van der Waals surface area contributed by atoms with Crippen LogP contribution in [0.2, 0.25) is 0 Å². The Morgan fingerprint density at radius 3 is 2.17 bits per heavy atom. The number of hydrogen-bond acceptors (Lipinski definition) is 6. The van der Waals surface area contributed by atoms with Crippen molar-refractivity contribution >= 4 is 11.0 Å². The van der Waals surface area contributed by atoms with Gasteiger partial charge in [-0.2, -0.15) is 0 Å². The van der Waals surface area contributed by atoms with E-state index in [4.69, 9.17) is 23.9 Å². The monoisotopic (exact) mass is 475 g/mol. The molecule has 0 saturated carbocycles. The number of likely N-dealkylation sites (N-methyl/N-ethyl adjacent to an activating group) is 1. The second-order valence-corrected chi connectivity index (χ2v) is 8.76. The van der Waals surface area contributed by atoms with Crippen LogP contribution < -0.4 is 18.9 Å². The molecule has 0 radical (unpaired) electrons. The zero-order valence-electron chi connectivity index (χ0n) is 21.2. The fourth-order valence-electron chi connectivity index (χ4n) is 4.32. The van der Waals surface area contributed by atoms with E-state index >= 15 is 0 Å². The highest BCUT2D eigenvalue weighted by Crippen LogP contribution is 2.41. The molecule has 1 aromatic heterocycles. The first-order valence-electron chi connectivity index (χ1n) is 11.6. The predicted octanol–water partition coefficient (Wildman–Crippen LogP) is 5.11. The van der Waals surface area contributed by atoms with Crippen molar-refractivity contribution in [2.75, 3.05) is 42.0 Å². The lowest BCUT2D eigenvalue weighted by Gasteiger charge is -2.19. The average Bonchev–Trinajstić information content (AvgIpc) is 3.20. The average molecular weight is 476 g/mol. The predicted molar refractivity (Wildman–Crippen MR) is 139 cm³/mol. The van der Waals surface area contributed by atoms with Crippen molar-refractivity contribution in [1.29, 1.82) is 0 Å². The van der Waals surface area contributed by atoms with Gasteiger partial charge < -0.3 is 28.4 Å². The van der Waals surface area contributed by atoms with Crippen LogP contribution in [0.5, 0.6) is 23.0 Å². The first kappa shape index (κ1) is 24.4. The molecule has 1 unspecified atom stereocenters. The summed E-state index contributed by atoms with van der Waals surface area (Å²) in [6.45, 7) is 3.56. The van der Waals surface area contributed by atoms with Gasteiger partial charge in [0.2, 0.25) is 5.75 Å². The highest BCUT2D eigenvalue weighted by atomic mass is 16.5. The van der Waals surface area contributed by atoms with E-state index in [1.54, 1.807) is 21.3 Å². The quantitative estimate of drug-likeness (QED) is 0.318. The van der Waals surface area contributed by atoms with E-state index in [1.165, 1.54) is 5.56 Å². The maximum absolute atomic E-state index is 6.22. The molecular formula is C28H33N3O4. The fraction of sp³-hybridized carbons (Fsp3) is 0.321. The van der Waals surface area contributed by atoms with Gasteiger partial charge in [-0.25, -0.2) is 4.98 Å². The van der Waals surface area contributed by atoms with Crippen LogP contribution >= 0.6 is 0 Å². The van der Waals surface area contributed by atoms with Gasteiger partial charge in [0.1, 0.15) is 17.7 Å². The molecule has 1 heterocycles. The fourth-order valence-corrected chi connectivity index (χ4v) is 4.32. The number of methoxy groups -OCH3 is 3. The van der Waals surface area contributed by atoms with Gasteiger partial charge in [0, 0.05) is 24.7 Å². The van der Waals surface area contributed by atoms with E-state index in [2.05, 4.69) is 34.6 Å². The SMILES string of the molecule is COc1cc(-c2nc3ccc(OC(C)CN(C)C)cc3n2Cc2ccccc2)cc(OC)c1OC. The molecule has 7 nitrogen and oxygen atoms in total. The Hall–Kier alpha value is -3.71.